The lowest BCUT2D eigenvalue weighted by molar-refractivity contribution is -0.157. The van der Waals surface area contributed by atoms with E-state index in [1.165, 1.54) is 31.2 Å². The lowest BCUT2D eigenvalue weighted by atomic mass is 9.91. The molecule has 5 N–H and O–H groups in total. The number of hydrogen-bond acceptors (Lipinski definition) is 11. The maximum absolute atomic E-state index is 11.8. The second-order valence-electron chi connectivity index (χ2n) is 11.9. The van der Waals surface area contributed by atoms with Crippen LogP contribution < -0.4 is 0 Å². The van der Waals surface area contributed by atoms with Gasteiger partial charge in [-0.2, -0.15) is 5.26 Å². The van der Waals surface area contributed by atoms with E-state index in [1.807, 2.05) is 34.6 Å². The summed E-state index contributed by atoms with van der Waals surface area (Å²) in [6, 6.07) is 11.0. The highest BCUT2D eigenvalue weighted by molar-refractivity contribution is 5.76. The predicted molar refractivity (Wildman–Crippen MR) is 170 cm³/mol. The van der Waals surface area contributed by atoms with Crippen molar-refractivity contribution < 1.29 is 49.3 Å². The van der Waals surface area contributed by atoms with Crippen LogP contribution in [0, 0.1) is 29.1 Å². The Morgan fingerprint density at radius 1 is 0.911 bits per heavy atom. The number of nitrogens with zero attached hydrogens (tertiary/aromatic N) is 1. The van der Waals surface area contributed by atoms with Crippen molar-refractivity contribution in [3.05, 3.63) is 47.5 Å². The fraction of sp³-hybridized carbons (Fsp3) is 0.559. The molecule has 0 aliphatic carbocycles. The zero-order valence-electron chi connectivity index (χ0n) is 27.8. The Morgan fingerprint density at radius 3 is 1.80 bits per heavy atom. The van der Waals surface area contributed by atoms with Gasteiger partial charge in [0.2, 0.25) is 0 Å². The van der Waals surface area contributed by atoms with Gasteiger partial charge in [0.25, 0.3) is 0 Å². The van der Waals surface area contributed by atoms with Gasteiger partial charge >= 0.3 is 11.9 Å². The summed E-state index contributed by atoms with van der Waals surface area (Å²) in [6.07, 6.45) is 1.82. The van der Waals surface area contributed by atoms with E-state index in [4.69, 9.17) is 29.7 Å². The lowest BCUT2D eigenvalue weighted by Gasteiger charge is -2.21. The van der Waals surface area contributed by atoms with Crippen molar-refractivity contribution in [1.29, 1.82) is 5.26 Å². The van der Waals surface area contributed by atoms with Crippen molar-refractivity contribution >= 4 is 11.9 Å². The van der Waals surface area contributed by atoms with Gasteiger partial charge in [-0.05, 0) is 95.7 Å². The number of aliphatic hydroxyl groups is 1. The molecule has 1 fully saturated rings. The van der Waals surface area contributed by atoms with Crippen LogP contribution >= 0.6 is 0 Å². The number of aromatic hydroxyl groups is 4. The molecular weight excluding hydrogens is 582 g/mol. The van der Waals surface area contributed by atoms with Crippen molar-refractivity contribution in [1.82, 2.24) is 0 Å². The molecule has 2 aromatic carbocycles. The highest BCUT2D eigenvalue weighted by Gasteiger charge is 2.30. The van der Waals surface area contributed by atoms with E-state index >= 15 is 0 Å². The number of phenolic OH excluding ortho intramolecular Hbond substituents is 4. The lowest BCUT2D eigenvalue weighted by Crippen LogP contribution is -2.29. The molecule has 0 bridgehead atoms. The zero-order valence-corrected chi connectivity index (χ0v) is 27.8. The second kappa shape index (κ2) is 20.1. The third-order valence-corrected chi connectivity index (χ3v) is 7.02. The van der Waals surface area contributed by atoms with Gasteiger partial charge in [0.05, 0.1) is 29.6 Å². The molecule has 1 heterocycles. The molecule has 0 aromatic heterocycles. The molecule has 11 heteroatoms. The number of aliphatic hydroxyl groups excluding tert-OH is 1. The molecule has 0 spiro atoms. The maximum atomic E-state index is 11.8. The summed E-state index contributed by atoms with van der Waals surface area (Å²) in [7, 11) is 0. The Bertz CT molecular complexity index is 1230. The molecule has 1 saturated heterocycles. The average molecular weight is 634 g/mol. The number of benzene rings is 2. The largest absolute Gasteiger partial charge is 0.504 e. The molecule has 2 unspecified atom stereocenters. The van der Waals surface area contributed by atoms with Crippen molar-refractivity contribution in [2.24, 2.45) is 10.8 Å². The quantitative estimate of drug-likeness (QED) is 0.116. The highest BCUT2D eigenvalue weighted by Crippen LogP contribution is 2.26. The fourth-order valence-electron chi connectivity index (χ4n) is 2.96. The Balaban J connectivity index is 0.000000676. The first-order chi connectivity index (χ1) is 20.9. The van der Waals surface area contributed by atoms with E-state index in [1.54, 1.807) is 32.0 Å². The van der Waals surface area contributed by atoms with Crippen LogP contribution in [0.25, 0.3) is 0 Å². The number of esters is 2. The fourth-order valence-corrected chi connectivity index (χ4v) is 2.96. The standard InChI is InChI=1S/C16H24O5.C9H16O3.C7H8O2.C2H3N/c1-4-16(2,3)15(20)21-10-12(17)7-5-11-6-8-13(18)14(19)9-11;1-4-9(2,3)8(10)12-6-7-5-11-7;1-5-2-3-6(8)7(9)4-5;1-2-3/h6,8-9,12,17-19H,4-5,7,10H2,1-3H3;7H,4-6H2,1-3H3;2-4,8-9H,1H3;1H3. The highest BCUT2D eigenvalue weighted by atomic mass is 16.6. The van der Waals surface area contributed by atoms with E-state index in [2.05, 4.69) is 0 Å². The van der Waals surface area contributed by atoms with Crippen molar-refractivity contribution in [3.63, 3.8) is 0 Å². The van der Waals surface area contributed by atoms with Crippen LogP contribution in [0.5, 0.6) is 23.0 Å². The van der Waals surface area contributed by atoms with Crippen LogP contribution in [0.15, 0.2) is 36.4 Å². The van der Waals surface area contributed by atoms with Crippen LogP contribution in [0.3, 0.4) is 0 Å². The van der Waals surface area contributed by atoms with Crippen LogP contribution in [-0.2, 0) is 30.2 Å². The number of carbonyl (C=O) groups is 2. The number of epoxide rings is 1. The summed E-state index contributed by atoms with van der Waals surface area (Å²) in [4.78, 5) is 23.1. The summed E-state index contributed by atoms with van der Waals surface area (Å²) in [5.74, 6) is -0.921. The van der Waals surface area contributed by atoms with Crippen LogP contribution in [-0.4, -0.2) is 69.5 Å². The molecule has 2 atom stereocenters. The molecule has 0 saturated carbocycles. The number of rotatable bonds is 11. The van der Waals surface area contributed by atoms with E-state index in [0.29, 0.717) is 25.9 Å². The number of ether oxygens (including phenoxy) is 3. The first kappa shape index (κ1) is 41.0. The molecule has 0 amide bonds. The molecule has 252 valence electrons. The minimum atomic E-state index is -0.752. The van der Waals surface area contributed by atoms with Gasteiger partial charge in [0.15, 0.2) is 23.0 Å². The normalized spacial score (nSPS) is 14.0. The SMILES string of the molecule is CC#N.CCC(C)(C)C(=O)OCC(O)CCc1ccc(O)c(O)c1.CCC(C)(C)C(=O)OCC1CO1.Cc1ccc(O)c(O)c1. The van der Waals surface area contributed by atoms with Gasteiger partial charge < -0.3 is 39.7 Å². The van der Waals surface area contributed by atoms with Crippen LogP contribution in [0.4, 0.5) is 0 Å². The number of phenols is 4. The minimum absolute atomic E-state index is 0.0354. The van der Waals surface area contributed by atoms with Crippen molar-refractivity contribution in [2.75, 3.05) is 19.8 Å². The van der Waals surface area contributed by atoms with Crippen LogP contribution in [0.2, 0.25) is 0 Å². The van der Waals surface area contributed by atoms with Gasteiger partial charge in [-0.25, -0.2) is 0 Å². The summed E-state index contributed by atoms with van der Waals surface area (Å²) >= 11 is 0. The number of aryl methyl sites for hydroxylation is 2. The molecule has 2 aromatic rings. The molecular formula is C34H51NO10. The molecule has 1 aliphatic heterocycles. The first-order valence-electron chi connectivity index (χ1n) is 14.9. The molecule has 45 heavy (non-hydrogen) atoms. The van der Waals surface area contributed by atoms with Gasteiger partial charge in [-0.3, -0.25) is 9.59 Å². The average Bonchev–Trinajstić information content (AvgIpc) is 3.83. The van der Waals surface area contributed by atoms with E-state index in [9.17, 15) is 24.9 Å². The third kappa shape index (κ3) is 17.2. The summed E-state index contributed by atoms with van der Waals surface area (Å²) < 4.78 is 15.1. The molecule has 0 radical (unpaired) electrons. The van der Waals surface area contributed by atoms with Gasteiger partial charge in [0, 0.05) is 6.92 Å². The topological polar surface area (TPSA) is 190 Å². The summed E-state index contributed by atoms with van der Waals surface area (Å²) in [6.45, 7) is 15.7. The van der Waals surface area contributed by atoms with Gasteiger partial charge in [0.1, 0.15) is 19.3 Å². The zero-order chi connectivity index (χ0) is 34.8. The van der Waals surface area contributed by atoms with E-state index in [-0.39, 0.29) is 53.1 Å². The molecule has 1 aliphatic rings. The number of nitriles is 1. The maximum Gasteiger partial charge on any atom is 0.311 e. The van der Waals surface area contributed by atoms with E-state index < -0.39 is 11.5 Å². The van der Waals surface area contributed by atoms with Gasteiger partial charge in [-0.15, -0.1) is 0 Å². The number of carbonyl (C=O) groups excluding carboxylic acids is 2. The van der Waals surface area contributed by atoms with Crippen molar-refractivity contribution in [3.8, 4) is 29.1 Å². The Labute approximate surface area is 267 Å². The summed E-state index contributed by atoms with van der Waals surface area (Å²) in [5.41, 5.74) is 0.840. The third-order valence-electron chi connectivity index (χ3n) is 7.02. The smallest absolute Gasteiger partial charge is 0.311 e. The Morgan fingerprint density at radius 2 is 1.38 bits per heavy atom. The Kier molecular flexibility index (Phi) is 18.3. The first-order valence-corrected chi connectivity index (χ1v) is 14.9. The minimum Gasteiger partial charge on any atom is -0.504 e. The van der Waals surface area contributed by atoms with Gasteiger partial charge in [-0.1, -0.05) is 26.0 Å². The monoisotopic (exact) mass is 633 g/mol. The second-order valence-corrected chi connectivity index (χ2v) is 11.9. The Hall–Kier alpha value is -4.01. The molecule has 11 nitrogen and oxygen atoms in total. The van der Waals surface area contributed by atoms with E-state index in [0.717, 1.165) is 24.2 Å². The molecule has 3 rings (SSSR count). The van der Waals surface area contributed by atoms with Crippen LogP contribution in [0.1, 0.15) is 78.9 Å². The van der Waals surface area contributed by atoms with Crippen molar-refractivity contribution in [2.45, 2.75) is 93.3 Å². The predicted octanol–water partition coefficient (Wildman–Crippen LogP) is 5.67. The summed E-state index contributed by atoms with van der Waals surface area (Å²) in [5, 5.41) is 53.4. The number of hydrogen-bond donors (Lipinski definition) is 5.